The molecule has 54 valence electrons. The van der Waals surface area contributed by atoms with Crippen molar-refractivity contribution in [2.45, 2.75) is 32.5 Å². The number of rotatable bonds is 4. The molecule has 0 heterocycles. The topological polar surface area (TPSA) is 40.5 Å². The third kappa shape index (κ3) is 7.66. The van der Waals surface area contributed by atoms with E-state index in [1.165, 1.54) is 0 Å². The number of unbranched alkanes of at least 4 members (excludes halogenated alkanes) is 1. The zero-order valence-corrected chi connectivity index (χ0v) is 5.75. The molecule has 0 unspecified atom stereocenters. The van der Waals surface area contributed by atoms with Gasteiger partial charge in [0, 0.05) is 0 Å². The lowest BCUT2D eigenvalue weighted by molar-refractivity contribution is -0.0460. The fourth-order valence-electron chi connectivity index (χ4n) is 0.585. The first kappa shape index (κ1) is 8.66. The summed E-state index contributed by atoms with van der Waals surface area (Å²) in [7, 11) is 0. The second-order valence-corrected chi connectivity index (χ2v) is 1.98. The lowest BCUT2D eigenvalue weighted by atomic mass is 10.2. The van der Waals surface area contributed by atoms with Gasteiger partial charge in [-0.15, -0.1) is 0 Å². The average molecular weight is 130 g/mol. The third-order valence-corrected chi connectivity index (χ3v) is 1.07. The number of aliphatic hydroxyl groups is 2. The van der Waals surface area contributed by atoms with Crippen molar-refractivity contribution in [2.24, 2.45) is 0 Å². The molecule has 0 fully saturated rings. The van der Waals surface area contributed by atoms with Gasteiger partial charge in [-0.1, -0.05) is 12.2 Å². The zero-order valence-electron chi connectivity index (χ0n) is 5.75. The van der Waals surface area contributed by atoms with Crippen LogP contribution in [0.5, 0.6) is 0 Å². The van der Waals surface area contributed by atoms with Crippen LogP contribution < -0.4 is 0 Å². The Morgan fingerprint density at radius 3 is 2.56 bits per heavy atom. The molecule has 0 aromatic heterocycles. The first-order valence-electron chi connectivity index (χ1n) is 3.24. The first-order valence-corrected chi connectivity index (χ1v) is 3.24. The lowest BCUT2D eigenvalue weighted by Crippen LogP contribution is -2.02. The smallest absolute Gasteiger partial charge is 0.151 e. The van der Waals surface area contributed by atoms with Crippen molar-refractivity contribution in [3.05, 3.63) is 12.2 Å². The molecule has 0 radical (unpaired) electrons. The zero-order chi connectivity index (χ0) is 7.11. The summed E-state index contributed by atoms with van der Waals surface area (Å²) in [6.07, 6.45) is 5.11. The Kier molecular flexibility index (Phi) is 5.57. The first-order chi connectivity index (χ1) is 4.27. The van der Waals surface area contributed by atoms with Crippen LogP contribution in [0.25, 0.3) is 0 Å². The normalized spacial score (nSPS) is 11.6. The predicted molar refractivity (Wildman–Crippen MR) is 36.9 cm³/mol. The highest BCUT2D eigenvalue weighted by molar-refractivity contribution is 4.76. The van der Waals surface area contributed by atoms with E-state index in [4.69, 9.17) is 10.2 Å². The van der Waals surface area contributed by atoms with Gasteiger partial charge in [0.25, 0.3) is 0 Å². The molecule has 9 heavy (non-hydrogen) atoms. The van der Waals surface area contributed by atoms with Crippen molar-refractivity contribution in [1.82, 2.24) is 0 Å². The fraction of sp³-hybridized carbons (Fsp3) is 0.714. The summed E-state index contributed by atoms with van der Waals surface area (Å²) in [4.78, 5) is 0. The molecule has 0 aliphatic rings. The van der Waals surface area contributed by atoms with Crippen LogP contribution in [0.1, 0.15) is 26.2 Å². The van der Waals surface area contributed by atoms with Crippen LogP contribution in [0.2, 0.25) is 0 Å². The van der Waals surface area contributed by atoms with Crippen molar-refractivity contribution >= 4 is 0 Å². The van der Waals surface area contributed by atoms with Crippen LogP contribution in [0.4, 0.5) is 0 Å². The summed E-state index contributed by atoms with van der Waals surface area (Å²) in [6.45, 7) is 1.95. The standard InChI is InChI=1S/C7H14O2/c1-2-3-4-5-6-7(8)9/h2-3,7-9H,4-6H2,1H3/b3-2+. The van der Waals surface area contributed by atoms with Gasteiger partial charge in [-0.2, -0.15) is 0 Å². The summed E-state index contributed by atoms with van der Waals surface area (Å²) < 4.78 is 0. The van der Waals surface area contributed by atoms with E-state index in [1.54, 1.807) is 0 Å². The van der Waals surface area contributed by atoms with E-state index in [9.17, 15) is 0 Å². The minimum absolute atomic E-state index is 0.477. The van der Waals surface area contributed by atoms with Gasteiger partial charge < -0.3 is 10.2 Å². The fourth-order valence-corrected chi connectivity index (χ4v) is 0.585. The Hall–Kier alpha value is -0.340. The Morgan fingerprint density at radius 2 is 2.11 bits per heavy atom. The monoisotopic (exact) mass is 130 g/mol. The van der Waals surface area contributed by atoms with E-state index in [0.29, 0.717) is 6.42 Å². The predicted octanol–water partition coefficient (Wildman–Crippen LogP) is 1.04. The van der Waals surface area contributed by atoms with Gasteiger partial charge in [0.05, 0.1) is 0 Å². The molecule has 0 amide bonds. The van der Waals surface area contributed by atoms with Gasteiger partial charge in [0.2, 0.25) is 0 Å². The van der Waals surface area contributed by atoms with Gasteiger partial charge in [-0.3, -0.25) is 0 Å². The van der Waals surface area contributed by atoms with E-state index in [2.05, 4.69) is 0 Å². The number of aliphatic hydroxyl groups excluding tert-OH is 1. The Balaban J connectivity index is 2.91. The Labute approximate surface area is 55.8 Å². The van der Waals surface area contributed by atoms with Gasteiger partial charge in [0.1, 0.15) is 0 Å². The van der Waals surface area contributed by atoms with Crippen LogP contribution in [-0.4, -0.2) is 16.5 Å². The highest BCUT2D eigenvalue weighted by Crippen LogP contribution is 1.98. The van der Waals surface area contributed by atoms with Crippen molar-refractivity contribution in [1.29, 1.82) is 0 Å². The molecule has 0 rings (SSSR count). The van der Waals surface area contributed by atoms with E-state index in [0.717, 1.165) is 12.8 Å². The molecule has 0 aliphatic carbocycles. The van der Waals surface area contributed by atoms with Crippen LogP contribution in [0.3, 0.4) is 0 Å². The van der Waals surface area contributed by atoms with Crippen molar-refractivity contribution in [3.8, 4) is 0 Å². The van der Waals surface area contributed by atoms with Crippen LogP contribution >= 0.6 is 0 Å². The van der Waals surface area contributed by atoms with Gasteiger partial charge in [-0.25, -0.2) is 0 Å². The second-order valence-electron chi connectivity index (χ2n) is 1.98. The highest BCUT2D eigenvalue weighted by Gasteiger charge is 1.93. The van der Waals surface area contributed by atoms with E-state index in [-0.39, 0.29) is 0 Å². The molecular formula is C7H14O2. The maximum atomic E-state index is 8.38. The molecule has 0 bridgehead atoms. The maximum absolute atomic E-state index is 8.38. The molecule has 0 atom stereocenters. The minimum Gasteiger partial charge on any atom is -0.368 e. The summed E-state index contributed by atoms with van der Waals surface area (Å²) in [6, 6.07) is 0. The highest BCUT2D eigenvalue weighted by atomic mass is 16.5. The molecule has 2 heteroatoms. The Morgan fingerprint density at radius 1 is 1.44 bits per heavy atom. The SMILES string of the molecule is C/C=C/CCCC(O)O. The maximum Gasteiger partial charge on any atom is 0.151 e. The van der Waals surface area contributed by atoms with E-state index < -0.39 is 6.29 Å². The number of allylic oxidation sites excluding steroid dienone is 2. The average Bonchev–Trinajstić information content (AvgIpc) is 1.80. The van der Waals surface area contributed by atoms with Gasteiger partial charge in [0.15, 0.2) is 6.29 Å². The molecule has 0 spiro atoms. The van der Waals surface area contributed by atoms with Crippen molar-refractivity contribution in [2.75, 3.05) is 0 Å². The van der Waals surface area contributed by atoms with Crippen LogP contribution in [0, 0.1) is 0 Å². The Bertz CT molecular complexity index is 77.0. The van der Waals surface area contributed by atoms with Gasteiger partial charge >= 0.3 is 0 Å². The lowest BCUT2D eigenvalue weighted by Gasteiger charge is -1.98. The third-order valence-electron chi connectivity index (χ3n) is 1.07. The molecule has 2 N–H and O–H groups in total. The molecule has 0 aromatic rings. The molecule has 0 saturated carbocycles. The molecule has 2 nitrogen and oxygen atoms in total. The van der Waals surface area contributed by atoms with Crippen molar-refractivity contribution in [3.63, 3.8) is 0 Å². The van der Waals surface area contributed by atoms with E-state index in [1.807, 2.05) is 19.1 Å². The van der Waals surface area contributed by atoms with E-state index >= 15 is 0 Å². The number of hydrogen-bond donors (Lipinski definition) is 2. The van der Waals surface area contributed by atoms with Crippen molar-refractivity contribution < 1.29 is 10.2 Å². The summed E-state index contributed by atoms with van der Waals surface area (Å²) in [5.74, 6) is 0. The minimum atomic E-state index is -1.13. The summed E-state index contributed by atoms with van der Waals surface area (Å²) >= 11 is 0. The quantitative estimate of drug-likeness (QED) is 0.339. The summed E-state index contributed by atoms with van der Waals surface area (Å²) in [5.41, 5.74) is 0. The number of hydrogen-bond acceptors (Lipinski definition) is 2. The largest absolute Gasteiger partial charge is 0.368 e. The molecule has 0 aromatic carbocycles. The van der Waals surface area contributed by atoms with Gasteiger partial charge in [-0.05, 0) is 26.2 Å². The second kappa shape index (κ2) is 5.79. The van der Waals surface area contributed by atoms with Crippen LogP contribution in [0.15, 0.2) is 12.2 Å². The molecular weight excluding hydrogens is 116 g/mol. The molecule has 0 aliphatic heterocycles. The summed E-state index contributed by atoms with van der Waals surface area (Å²) in [5, 5.41) is 16.8. The molecule has 0 saturated heterocycles. The van der Waals surface area contributed by atoms with Crippen LogP contribution in [-0.2, 0) is 0 Å².